The highest BCUT2D eigenvalue weighted by Gasteiger charge is 2.28. The summed E-state index contributed by atoms with van der Waals surface area (Å²) < 4.78 is 13.9. The number of para-hydroxylation sites is 2. The Morgan fingerprint density at radius 1 is 1.08 bits per heavy atom. The van der Waals surface area contributed by atoms with Gasteiger partial charge in [-0.25, -0.2) is 9.37 Å². The van der Waals surface area contributed by atoms with E-state index in [1.807, 2.05) is 19.1 Å². The van der Waals surface area contributed by atoms with Gasteiger partial charge in [0.1, 0.15) is 11.6 Å². The van der Waals surface area contributed by atoms with Crippen molar-refractivity contribution >= 4 is 23.1 Å². The zero-order valence-electron chi connectivity index (χ0n) is 14.2. The maximum absolute atomic E-state index is 13.9. The van der Waals surface area contributed by atoms with Crippen LogP contribution in [0.3, 0.4) is 0 Å². The quantitative estimate of drug-likeness (QED) is 0.750. The van der Waals surface area contributed by atoms with Gasteiger partial charge in [0, 0.05) is 23.5 Å². The second-order valence-corrected chi connectivity index (χ2v) is 6.35. The van der Waals surface area contributed by atoms with Crippen molar-refractivity contribution in [3.63, 3.8) is 0 Å². The molecule has 0 bridgehead atoms. The van der Waals surface area contributed by atoms with E-state index in [1.54, 1.807) is 18.2 Å². The Kier molecular flexibility index (Phi) is 3.84. The molecule has 0 fully saturated rings. The van der Waals surface area contributed by atoms with Gasteiger partial charge in [0.15, 0.2) is 0 Å². The fourth-order valence-corrected chi connectivity index (χ4v) is 3.33. The van der Waals surface area contributed by atoms with E-state index < -0.39 is 0 Å². The number of nitrogens with zero attached hydrogens (tertiary/aromatic N) is 3. The maximum Gasteiger partial charge on any atom is 0.229 e. The first-order valence-electron chi connectivity index (χ1n) is 8.36. The van der Waals surface area contributed by atoms with Crippen LogP contribution in [0.15, 0.2) is 54.6 Å². The Morgan fingerprint density at radius 2 is 1.84 bits per heavy atom. The van der Waals surface area contributed by atoms with Crippen LogP contribution in [0.25, 0.3) is 0 Å². The van der Waals surface area contributed by atoms with Crippen molar-refractivity contribution in [2.24, 2.45) is 0 Å². The van der Waals surface area contributed by atoms with Crippen LogP contribution < -0.4 is 10.2 Å². The van der Waals surface area contributed by atoms with E-state index in [9.17, 15) is 4.39 Å². The van der Waals surface area contributed by atoms with Crippen molar-refractivity contribution in [1.82, 2.24) is 9.97 Å². The number of aromatic nitrogens is 2. The van der Waals surface area contributed by atoms with Gasteiger partial charge in [-0.1, -0.05) is 30.3 Å². The average Bonchev–Trinajstić information content (AvgIpc) is 2.92. The summed E-state index contributed by atoms with van der Waals surface area (Å²) in [5.41, 5.74) is 3.69. The number of nitrogens with one attached hydrogen (secondary N) is 1. The third-order valence-electron chi connectivity index (χ3n) is 4.42. The van der Waals surface area contributed by atoms with Crippen molar-refractivity contribution in [3.8, 4) is 0 Å². The lowest BCUT2D eigenvalue weighted by Gasteiger charge is -2.24. The van der Waals surface area contributed by atoms with Crippen LogP contribution >= 0.6 is 0 Å². The maximum atomic E-state index is 13.9. The number of aryl methyl sites for hydroxylation is 1. The minimum atomic E-state index is -0.325. The Morgan fingerprint density at radius 3 is 2.68 bits per heavy atom. The smallest absolute Gasteiger partial charge is 0.229 e. The lowest BCUT2D eigenvalue weighted by atomic mass is 10.1. The number of rotatable bonds is 3. The van der Waals surface area contributed by atoms with Gasteiger partial charge >= 0.3 is 0 Å². The Labute approximate surface area is 146 Å². The molecule has 2 heterocycles. The first-order valence-corrected chi connectivity index (χ1v) is 8.36. The second-order valence-electron chi connectivity index (χ2n) is 6.35. The zero-order valence-corrected chi connectivity index (χ0v) is 14.2. The van der Waals surface area contributed by atoms with Crippen molar-refractivity contribution in [2.45, 2.75) is 26.3 Å². The number of anilines is 4. The Hall–Kier alpha value is -2.95. The van der Waals surface area contributed by atoms with Crippen LogP contribution in [0.4, 0.5) is 27.5 Å². The lowest BCUT2D eigenvalue weighted by Crippen LogP contribution is -2.25. The molecule has 0 aliphatic carbocycles. The number of fused-ring (bicyclic) bond motifs is 1. The van der Waals surface area contributed by atoms with Gasteiger partial charge in [-0.15, -0.1) is 0 Å². The molecule has 2 aromatic carbocycles. The highest BCUT2D eigenvalue weighted by atomic mass is 19.1. The van der Waals surface area contributed by atoms with E-state index in [4.69, 9.17) is 0 Å². The molecule has 1 aliphatic heterocycles. The summed E-state index contributed by atoms with van der Waals surface area (Å²) in [6.07, 6.45) is 0.981. The normalized spacial score (nSPS) is 16.0. The van der Waals surface area contributed by atoms with Gasteiger partial charge in [-0.2, -0.15) is 4.98 Å². The number of halogens is 1. The van der Waals surface area contributed by atoms with Gasteiger partial charge in [-0.05, 0) is 44.0 Å². The van der Waals surface area contributed by atoms with E-state index >= 15 is 0 Å². The van der Waals surface area contributed by atoms with E-state index in [0.29, 0.717) is 17.7 Å². The van der Waals surface area contributed by atoms with Gasteiger partial charge in [0.2, 0.25) is 5.95 Å². The van der Waals surface area contributed by atoms with Crippen LogP contribution in [0.1, 0.15) is 18.2 Å². The monoisotopic (exact) mass is 334 g/mol. The first-order chi connectivity index (χ1) is 12.1. The minimum absolute atomic E-state index is 0.313. The third kappa shape index (κ3) is 2.93. The molecule has 1 N–H and O–H groups in total. The van der Waals surface area contributed by atoms with Crippen molar-refractivity contribution in [2.75, 3.05) is 10.2 Å². The molecule has 0 amide bonds. The Bertz CT molecular complexity index is 925. The highest BCUT2D eigenvalue weighted by molar-refractivity contribution is 5.70. The summed E-state index contributed by atoms with van der Waals surface area (Å²) in [6.45, 7) is 4.10. The summed E-state index contributed by atoms with van der Waals surface area (Å²) in [5.74, 6) is 0.898. The average molecular weight is 334 g/mol. The molecule has 0 spiro atoms. The number of hydrogen-bond donors (Lipinski definition) is 1. The van der Waals surface area contributed by atoms with Crippen molar-refractivity contribution < 1.29 is 4.39 Å². The third-order valence-corrected chi connectivity index (χ3v) is 4.42. The first kappa shape index (κ1) is 15.6. The molecule has 4 nitrogen and oxygen atoms in total. The van der Waals surface area contributed by atoms with Gasteiger partial charge in [-0.3, -0.25) is 0 Å². The van der Waals surface area contributed by atoms with Gasteiger partial charge in [0.05, 0.1) is 5.69 Å². The minimum Gasteiger partial charge on any atom is -0.323 e. The number of benzene rings is 2. The molecular weight excluding hydrogens is 315 g/mol. The lowest BCUT2D eigenvalue weighted by molar-refractivity contribution is 0.631. The molecule has 0 saturated heterocycles. The fourth-order valence-electron chi connectivity index (χ4n) is 3.33. The predicted molar refractivity (Wildman–Crippen MR) is 98.2 cm³/mol. The zero-order chi connectivity index (χ0) is 17.4. The standard InChI is InChI=1S/C20H19FN4/c1-13-11-19(25-14(2)12-15-7-3-6-10-18(15)25)24-20(22-13)23-17-9-5-4-8-16(17)21/h3-11,14H,12H2,1-2H3,(H,22,23,24). The van der Waals surface area contributed by atoms with Gasteiger partial charge < -0.3 is 10.2 Å². The molecule has 4 rings (SSSR count). The summed E-state index contributed by atoms with van der Waals surface area (Å²) in [4.78, 5) is 11.3. The Balaban J connectivity index is 1.72. The van der Waals surface area contributed by atoms with Crippen LogP contribution in [-0.2, 0) is 6.42 Å². The van der Waals surface area contributed by atoms with E-state index in [-0.39, 0.29) is 5.82 Å². The fraction of sp³-hybridized carbons (Fsp3) is 0.200. The molecule has 126 valence electrons. The molecule has 1 atom stereocenters. The highest BCUT2D eigenvalue weighted by Crippen LogP contribution is 2.37. The van der Waals surface area contributed by atoms with Crippen LogP contribution in [0.2, 0.25) is 0 Å². The molecule has 1 aromatic heterocycles. The molecule has 1 aliphatic rings. The molecule has 25 heavy (non-hydrogen) atoms. The summed E-state index contributed by atoms with van der Waals surface area (Å²) in [5, 5.41) is 2.99. The van der Waals surface area contributed by atoms with E-state index in [2.05, 4.69) is 45.3 Å². The molecule has 1 unspecified atom stereocenters. The topological polar surface area (TPSA) is 41.1 Å². The molecule has 0 radical (unpaired) electrons. The largest absolute Gasteiger partial charge is 0.323 e. The van der Waals surface area contributed by atoms with Gasteiger partial charge in [0.25, 0.3) is 0 Å². The van der Waals surface area contributed by atoms with Crippen LogP contribution in [0.5, 0.6) is 0 Å². The number of hydrogen-bond acceptors (Lipinski definition) is 4. The SMILES string of the molecule is Cc1cc(N2c3ccccc3CC2C)nc(Nc2ccccc2F)n1. The molecule has 5 heteroatoms. The summed E-state index contributed by atoms with van der Waals surface area (Å²) in [7, 11) is 0. The van der Waals surface area contributed by atoms with Crippen molar-refractivity contribution in [3.05, 3.63) is 71.7 Å². The summed E-state index contributed by atoms with van der Waals surface area (Å²) in [6, 6.07) is 17.2. The summed E-state index contributed by atoms with van der Waals surface area (Å²) >= 11 is 0. The van der Waals surface area contributed by atoms with Crippen molar-refractivity contribution in [1.29, 1.82) is 0 Å². The predicted octanol–water partition coefficient (Wildman–Crippen LogP) is 4.75. The molecule has 0 saturated carbocycles. The van der Waals surface area contributed by atoms with Crippen LogP contribution in [0, 0.1) is 12.7 Å². The molecular formula is C20H19FN4. The molecule has 3 aromatic rings. The second kappa shape index (κ2) is 6.16. The van der Waals surface area contributed by atoms with E-state index in [0.717, 1.165) is 17.9 Å². The van der Waals surface area contributed by atoms with E-state index in [1.165, 1.54) is 17.3 Å². The van der Waals surface area contributed by atoms with Crippen LogP contribution in [-0.4, -0.2) is 16.0 Å².